The fourth-order valence-corrected chi connectivity index (χ4v) is 4.57. The van der Waals surface area contributed by atoms with Crippen LogP contribution in [0.1, 0.15) is 22.8 Å². The van der Waals surface area contributed by atoms with Crippen molar-refractivity contribution < 1.29 is 18.4 Å². The van der Waals surface area contributed by atoms with Crippen LogP contribution in [0.3, 0.4) is 0 Å². The highest BCUT2D eigenvalue weighted by Gasteiger charge is 2.15. The van der Waals surface area contributed by atoms with E-state index in [4.69, 9.17) is 14.8 Å². The molecule has 1 amide bonds. The first-order valence-electron chi connectivity index (χ1n) is 9.58. The summed E-state index contributed by atoms with van der Waals surface area (Å²) >= 11 is 1.63. The highest BCUT2D eigenvalue weighted by Crippen LogP contribution is 2.43. The van der Waals surface area contributed by atoms with Crippen LogP contribution in [0.25, 0.3) is 10.4 Å². The molecule has 3 rings (SSSR count). The summed E-state index contributed by atoms with van der Waals surface area (Å²) in [4.78, 5) is 13.8. The van der Waals surface area contributed by atoms with E-state index in [2.05, 4.69) is 5.32 Å². The highest BCUT2D eigenvalue weighted by molar-refractivity contribution is 7.52. The van der Waals surface area contributed by atoms with Crippen molar-refractivity contribution >= 4 is 36.2 Å². The van der Waals surface area contributed by atoms with Crippen LogP contribution in [0.4, 0.5) is 11.4 Å². The van der Waals surface area contributed by atoms with Gasteiger partial charge < -0.3 is 20.1 Å². The molecule has 158 valence electrons. The highest BCUT2D eigenvalue weighted by atomic mass is 32.1. The lowest BCUT2D eigenvalue weighted by Crippen LogP contribution is -2.13. The molecule has 3 aromatic rings. The Morgan fingerprint density at radius 3 is 2.57 bits per heavy atom. The molecule has 1 heterocycles. The SMILES string of the molecule is CCOP(C)(=O)OCCc1ccc(C(=O)Nc2cc(-c3cccs3)ccc2N)cc1. The lowest BCUT2D eigenvalue weighted by Gasteiger charge is -2.13. The number of hydrogen-bond donors (Lipinski definition) is 2. The van der Waals surface area contributed by atoms with Crippen LogP contribution in [0.15, 0.2) is 60.0 Å². The number of nitrogens with one attached hydrogen (secondary N) is 1. The van der Waals surface area contributed by atoms with E-state index in [0.717, 1.165) is 16.0 Å². The molecule has 0 saturated heterocycles. The quantitative estimate of drug-likeness (QED) is 0.328. The van der Waals surface area contributed by atoms with Crippen molar-refractivity contribution in [3.63, 3.8) is 0 Å². The number of amides is 1. The maximum Gasteiger partial charge on any atom is 0.327 e. The van der Waals surface area contributed by atoms with E-state index in [1.807, 2.05) is 41.8 Å². The predicted molar refractivity (Wildman–Crippen MR) is 123 cm³/mol. The zero-order valence-electron chi connectivity index (χ0n) is 17.0. The summed E-state index contributed by atoms with van der Waals surface area (Å²) < 4.78 is 22.4. The monoisotopic (exact) mass is 444 g/mol. The first kappa shape index (κ1) is 22.2. The van der Waals surface area contributed by atoms with Crippen molar-refractivity contribution in [1.29, 1.82) is 0 Å². The van der Waals surface area contributed by atoms with Gasteiger partial charge in [0, 0.05) is 17.1 Å². The van der Waals surface area contributed by atoms with Crippen LogP contribution in [0, 0.1) is 0 Å². The molecule has 30 heavy (non-hydrogen) atoms. The third-order valence-corrected chi connectivity index (χ3v) is 6.70. The van der Waals surface area contributed by atoms with Gasteiger partial charge in [0.2, 0.25) is 0 Å². The second-order valence-electron chi connectivity index (χ2n) is 6.70. The van der Waals surface area contributed by atoms with Crippen LogP contribution >= 0.6 is 18.9 Å². The van der Waals surface area contributed by atoms with Crippen LogP contribution < -0.4 is 11.1 Å². The molecule has 6 nitrogen and oxygen atoms in total. The Labute approximate surface area is 180 Å². The van der Waals surface area contributed by atoms with Gasteiger partial charge in [-0.15, -0.1) is 11.3 Å². The molecule has 2 aromatic carbocycles. The molecule has 8 heteroatoms. The Morgan fingerprint density at radius 1 is 1.13 bits per heavy atom. The Bertz CT molecular complexity index is 1040. The Morgan fingerprint density at radius 2 is 1.90 bits per heavy atom. The number of anilines is 2. The molecule has 1 aromatic heterocycles. The number of nitrogens with two attached hydrogens (primary N) is 1. The Hall–Kier alpha value is -2.44. The molecule has 0 aliphatic carbocycles. The molecular weight excluding hydrogens is 419 g/mol. The second-order valence-corrected chi connectivity index (χ2v) is 9.71. The molecule has 0 radical (unpaired) electrons. The average Bonchev–Trinajstić information content (AvgIpc) is 3.25. The van der Waals surface area contributed by atoms with Gasteiger partial charge >= 0.3 is 7.60 Å². The molecule has 3 N–H and O–H groups in total. The van der Waals surface area contributed by atoms with E-state index in [1.54, 1.807) is 36.5 Å². The average molecular weight is 444 g/mol. The van der Waals surface area contributed by atoms with Gasteiger partial charge in [0.05, 0.1) is 24.6 Å². The minimum atomic E-state index is -3.00. The first-order valence-corrected chi connectivity index (χ1v) is 12.4. The zero-order valence-corrected chi connectivity index (χ0v) is 18.7. The van der Waals surface area contributed by atoms with Crippen LogP contribution in [-0.2, 0) is 20.0 Å². The van der Waals surface area contributed by atoms with Crippen LogP contribution in [0.5, 0.6) is 0 Å². The smallest absolute Gasteiger partial charge is 0.327 e. The van der Waals surface area contributed by atoms with E-state index in [1.165, 1.54) is 6.66 Å². The molecule has 1 atom stereocenters. The summed E-state index contributed by atoms with van der Waals surface area (Å²) in [6, 6.07) is 16.8. The van der Waals surface area contributed by atoms with Crippen molar-refractivity contribution in [2.75, 3.05) is 30.9 Å². The fraction of sp³-hybridized carbons (Fsp3) is 0.227. The maximum absolute atomic E-state index is 12.7. The summed E-state index contributed by atoms with van der Waals surface area (Å²) in [5.41, 5.74) is 9.64. The van der Waals surface area contributed by atoms with E-state index >= 15 is 0 Å². The van der Waals surface area contributed by atoms with Crippen molar-refractivity contribution in [1.82, 2.24) is 0 Å². The van der Waals surface area contributed by atoms with Crippen molar-refractivity contribution in [2.45, 2.75) is 13.3 Å². The van der Waals surface area contributed by atoms with E-state index < -0.39 is 7.60 Å². The van der Waals surface area contributed by atoms with E-state index in [0.29, 0.717) is 30.0 Å². The number of hydrogen-bond acceptors (Lipinski definition) is 6. The van der Waals surface area contributed by atoms with Gasteiger partial charge in [-0.05, 0) is 60.2 Å². The van der Waals surface area contributed by atoms with Gasteiger partial charge in [0.25, 0.3) is 5.91 Å². The summed E-state index contributed by atoms with van der Waals surface area (Å²) in [7, 11) is -3.00. The molecule has 0 fully saturated rings. The summed E-state index contributed by atoms with van der Waals surface area (Å²) in [5, 5.41) is 4.89. The molecule has 0 aliphatic rings. The van der Waals surface area contributed by atoms with Gasteiger partial charge in [-0.1, -0.05) is 24.3 Å². The second kappa shape index (κ2) is 10.0. The largest absolute Gasteiger partial charge is 0.397 e. The van der Waals surface area contributed by atoms with Gasteiger partial charge in [-0.3, -0.25) is 9.36 Å². The Balaban J connectivity index is 1.61. The van der Waals surface area contributed by atoms with Gasteiger partial charge in [0.15, 0.2) is 0 Å². The third-order valence-electron chi connectivity index (χ3n) is 4.40. The summed E-state index contributed by atoms with van der Waals surface area (Å²) in [6.07, 6.45) is 0.572. The number of thiophene rings is 1. The first-order chi connectivity index (χ1) is 14.4. The standard InChI is InChI=1S/C22H25N2O4PS/c1-3-27-29(2,26)28-13-12-16-6-8-17(9-7-16)22(25)24-20-15-18(10-11-19(20)23)21-5-4-14-30-21/h4-11,14-15H,3,12-13,23H2,1-2H3,(H,24,25). The Kier molecular flexibility index (Phi) is 7.45. The van der Waals surface area contributed by atoms with E-state index in [-0.39, 0.29) is 12.5 Å². The number of nitrogen functional groups attached to an aromatic ring is 1. The lowest BCUT2D eigenvalue weighted by atomic mass is 10.1. The van der Waals surface area contributed by atoms with Crippen LogP contribution in [0.2, 0.25) is 0 Å². The minimum Gasteiger partial charge on any atom is -0.397 e. The number of carbonyl (C=O) groups excluding carboxylic acids is 1. The number of benzene rings is 2. The predicted octanol–water partition coefficient (Wildman–Crippen LogP) is 5.67. The van der Waals surface area contributed by atoms with Gasteiger partial charge in [0.1, 0.15) is 0 Å². The molecule has 1 unspecified atom stereocenters. The molecule has 0 aliphatic heterocycles. The number of carbonyl (C=O) groups is 1. The third kappa shape index (κ3) is 6.03. The summed E-state index contributed by atoms with van der Waals surface area (Å²) in [5.74, 6) is -0.234. The topological polar surface area (TPSA) is 90.6 Å². The molecular formula is C22H25N2O4PS. The molecule has 0 bridgehead atoms. The zero-order chi connectivity index (χ0) is 21.6. The normalized spacial score (nSPS) is 13.0. The summed E-state index contributed by atoms with van der Waals surface area (Å²) in [6.45, 7) is 3.86. The van der Waals surface area contributed by atoms with Crippen molar-refractivity contribution in [2.24, 2.45) is 0 Å². The fourth-order valence-electron chi connectivity index (χ4n) is 2.88. The number of rotatable bonds is 9. The minimum absolute atomic E-state index is 0.234. The van der Waals surface area contributed by atoms with E-state index in [9.17, 15) is 9.36 Å². The maximum atomic E-state index is 12.7. The van der Waals surface area contributed by atoms with Gasteiger partial charge in [-0.2, -0.15) is 0 Å². The van der Waals surface area contributed by atoms with Crippen molar-refractivity contribution in [3.8, 4) is 10.4 Å². The van der Waals surface area contributed by atoms with Crippen LogP contribution in [-0.4, -0.2) is 25.8 Å². The molecule has 0 saturated carbocycles. The molecule has 0 spiro atoms. The van der Waals surface area contributed by atoms with Crippen molar-refractivity contribution in [3.05, 3.63) is 71.1 Å². The lowest BCUT2D eigenvalue weighted by molar-refractivity contribution is 0.102. The van der Waals surface area contributed by atoms with Gasteiger partial charge in [-0.25, -0.2) is 0 Å².